The first-order valence-corrected chi connectivity index (χ1v) is 8.50. The molecule has 0 aromatic carbocycles. The number of rotatable bonds is 2. The summed E-state index contributed by atoms with van der Waals surface area (Å²) < 4.78 is 0. The van der Waals surface area contributed by atoms with Crippen LogP contribution in [0.5, 0.6) is 0 Å². The first-order chi connectivity index (χ1) is 10.6. The van der Waals surface area contributed by atoms with Crippen molar-refractivity contribution in [1.82, 2.24) is 14.9 Å². The number of hydrogen-bond acceptors (Lipinski definition) is 4. The number of anilines is 1. The Morgan fingerprint density at radius 1 is 1.14 bits per heavy atom. The first kappa shape index (κ1) is 15.3. The lowest BCUT2D eigenvalue weighted by Crippen LogP contribution is -2.40. The standard InChI is InChI=1S/C17H26N4O/c1-13-5-3-9-20(11-13)16(22)15-7-8-18-17(19-15)21-10-4-6-14(2)12-21/h7-8,13-14H,3-6,9-12H2,1-2H3. The van der Waals surface area contributed by atoms with Gasteiger partial charge in [-0.25, -0.2) is 9.97 Å². The third kappa shape index (κ3) is 3.39. The molecule has 2 aliphatic heterocycles. The molecule has 2 saturated heterocycles. The Balaban J connectivity index is 1.74. The molecule has 0 bridgehead atoms. The number of nitrogens with zero attached hydrogens (tertiary/aromatic N) is 4. The van der Waals surface area contributed by atoms with Gasteiger partial charge in [0.25, 0.3) is 5.91 Å². The highest BCUT2D eigenvalue weighted by Gasteiger charge is 2.24. The van der Waals surface area contributed by atoms with Crippen LogP contribution in [0.15, 0.2) is 12.3 Å². The maximum absolute atomic E-state index is 12.7. The predicted octanol–water partition coefficient (Wildman–Crippen LogP) is 2.59. The summed E-state index contributed by atoms with van der Waals surface area (Å²) in [4.78, 5) is 25.8. The van der Waals surface area contributed by atoms with Crippen LogP contribution in [-0.4, -0.2) is 47.0 Å². The van der Waals surface area contributed by atoms with Crippen LogP contribution in [0.4, 0.5) is 5.95 Å². The van der Waals surface area contributed by atoms with Gasteiger partial charge in [0.2, 0.25) is 5.95 Å². The lowest BCUT2D eigenvalue weighted by Gasteiger charge is -2.32. The molecular formula is C17H26N4O. The van der Waals surface area contributed by atoms with E-state index in [1.807, 2.05) is 4.90 Å². The Bertz CT molecular complexity index is 533. The molecule has 0 spiro atoms. The van der Waals surface area contributed by atoms with Gasteiger partial charge in [0.05, 0.1) is 0 Å². The van der Waals surface area contributed by atoms with Crippen molar-refractivity contribution in [3.05, 3.63) is 18.0 Å². The molecule has 2 aliphatic rings. The van der Waals surface area contributed by atoms with Crippen LogP contribution in [0, 0.1) is 11.8 Å². The molecule has 22 heavy (non-hydrogen) atoms. The van der Waals surface area contributed by atoms with E-state index in [9.17, 15) is 4.79 Å². The lowest BCUT2D eigenvalue weighted by atomic mass is 10.00. The van der Waals surface area contributed by atoms with Crippen molar-refractivity contribution >= 4 is 11.9 Å². The lowest BCUT2D eigenvalue weighted by molar-refractivity contribution is 0.0677. The van der Waals surface area contributed by atoms with Crippen LogP contribution >= 0.6 is 0 Å². The summed E-state index contributed by atoms with van der Waals surface area (Å²) in [5, 5.41) is 0. The van der Waals surface area contributed by atoms with Gasteiger partial charge in [-0.15, -0.1) is 0 Å². The van der Waals surface area contributed by atoms with Crippen molar-refractivity contribution in [2.75, 3.05) is 31.1 Å². The minimum atomic E-state index is 0.0558. The first-order valence-electron chi connectivity index (χ1n) is 8.50. The van der Waals surface area contributed by atoms with Gasteiger partial charge in [-0.05, 0) is 43.6 Å². The Morgan fingerprint density at radius 2 is 1.86 bits per heavy atom. The number of carbonyl (C=O) groups is 1. The van der Waals surface area contributed by atoms with Gasteiger partial charge in [0, 0.05) is 32.4 Å². The number of hydrogen-bond donors (Lipinski definition) is 0. The minimum Gasteiger partial charge on any atom is -0.341 e. The number of amides is 1. The van der Waals surface area contributed by atoms with Crippen molar-refractivity contribution in [3.63, 3.8) is 0 Å². The number of likely N-dealkylation sites (tertiary alicyclic amines) is 1. The zero-order valence-electron chi connectivity index (χ0n) is 13.7. The van der Waals surface area contributed by atoms with Crippen molar-refractivity contribution < 1.29 is 4.79 Å². The van der Waals surface area contributed by atoms with Gasteiger partial charge in [-0.2, -0.15) is 0 Å². The highest BCUT2D eigenvalue weighted by Crippen LogP contribution is 2.21. The fraction of sp³-hybridized carbons (Fsp3) is 0.706. The highest BCUT2D eigenvalue weighted by atomic mass is 16.2. The molecule has 1 aromatic rings. The molecule has 5 nitrogen and oxygen atoms in total. The normalized spacial score (nSPS) is 26.1. The zero-order valence-corrected chi connectivity index (χ0v) is 13.7. The second-order valence-corrected chi connectivity index (χ2v) is 6.93. The molecule has 5 heteroatoms. The summed E-state index contributed by atoms with van der Waals surface area (Å²) in [5.41, 5.74) is 0.539. The second-order valence-electron chi connectivity index (χ2n) is 6.93. The summed E-state index contributed by atoms with van der Waals surface area (Å²) >= 11 is 0. The second kappa shape index (κ2) is 6.63. The fourth-order valence-electron chi connectivity index (χ4n) is 3.53. The van der Waals surface area contributed by atoms with Crippen molar-refractivity contribution in [1.29, 1.82) is 0 Å². The van der Waals surface area contributed by atoms with E-state index in [-0.39, 0.29) is 5.91 Å². The molecule has 1 amide bonds. The number of piperidine rings is 2. The minimum absolute atomic E-state index is 0.0558. The van der Waals surface area contributed by atoms with E-state index in [0.29, 0.717) is 23.5 Å². The highest BCUT2D eigenvalue weighted by molar-refractivity contribution is 5.92. The average Bonchev–Trinajstić information content (AvgIpc) is 2.54. The third-order valence-electron chi connectivity index (χ3n) is 4.75. The Morgan fingerprint density at radius 3 is 2.59 bits per heavy atom. The molecule has 2 unspecified atom stereocenters. The van der Waals surface area contributed by atoms with Gasteiger partial charge in [0.15, 0.2) is 0 Å². The quantitative estimate of drug-likeness (QED) is 0.842. The molecule has 0 N–H and O–H groups in total. The van der Waals surface area contributed by atoms with Crippen LogP contribution < -0.4 is 4.90 Å². The van der Waals surface area contributed by atoms with E-state index in [2.05, 4.69) is 28.7 Å². The molecule has 2 atom stereocenters. The van der Waals surface area contributed by atoms with Gasteiger partial charge >= 0.3 is 0 Å². The van der Waals surface area contributed by atoms with Crippen molar-refractivity contribution in [3.8, 4) is 0 Å². The zero-order chi connectivity index (χ0) is 15.5. The van der Waals surface area contributed by atoms with Gasteiger partial charge in [-0.3, -0.25) is 4.79 Å². The largest absolute Gasteiger partial charge is 0.341 e. The molecule has 2 fully saturated rings. The maximum atomic E-state index is 12.7. The Hall–Kier alpha value is -1.65. The molecule has 0 saturated carbocycles. The molecule has 0 aliphatic carbocycles. The SMILES string of the molecule is CC1CCCN(C(=O)c2ccnc(N3CCCC(C)C3)n2)C1. The van der Waals surface area contributed by atoms with Crippen molar-refractivity contribution in [2.24, 2.45) is 11.8 Å². The van der Waals surface area contributed by atoms with Crippen LogP contribution in [0.1, 0.15) is 50.0 Å². The van der Waals surface area contributed by atoms with Gasteiger partial charge in [-0.1, -0.05) is 13.8 Å². The number of carbonyl (C=O) groups excluding carboxylic acids is 1. The van der Waals surface area contributed by atoms with Crippen LogP contribution in [0.2, 0.25) is 0 Å². The summed E-state index contributed by atoms with van der Waals surface area (Å²) in [6.45, 7) is 8.14. The Kier molecular flexibility index (Phi) is 4.60. The van der Waals surface area contributed by atoms with E-state index >= 15 is 0 Å². The van der Waals surface area contributed by atoms with Crippen LogP contribution in [0.3, 0.4) is 0 Å². The van der Waals surface area contributed by atoms with E-state index in [1.54, 1.807) is 12.3 Å². The molecule has 120 valence electrons. The topological polar surface area (TPSA) is 49.3 Å². The third-order valence-corrected chi connectivity index (χ3v) is 4.75. The van der Waals surface area contributed by atoms with Gasteiger partial charge in [0.1, 0.15) is 5.69 Å². The summed E-state index contributed by atoms with van der Waals surface area (Å²) in [5.74, 6) is 2.02. The summed E-state index contributed by atoms with van der Waals surface area (Å²) in [6.07, 6.45) is 6.47. The molecule has 1 aromatic heterocycles. The van der Waals surface area contributed by atoms with Crippen LogP contribution in [-0.2, 0) is 0 Å². The molecular weight excluding hydrogens is 276 g/mol. The monoisotopic (exact) mass is 302 g/mol. The predicted molar refractivity (Wildman–Crippen MR) is 86.9 cm³/mol. The van der Waals surface area contributed by atoms with E-state index in [1.165, 1.54) is 19.3 Å². The average molecular weight is 302 g/mol. The molecule has 0 radical (unpaired) electrons. The van der Waals surface area contributed by atoms with E-state index < -0.39 is 0 Å². The van der Waals surface area contributed by atoms with E-state index in [0.717, 1.165) is 32.6 Å². The smallest absolute Gasteiger partial charge is 0.272 e. The van der Waals surface area contributed by atoms with Gasteiger partial charge < -0.3 is 9.80 Å². The maximum Gasteiger partial charge on any atom is 0.272 e. The summed E-state index contributed by atoms with van der Waals surface area (Å²) in [7, 11) is 0. The Labute approximate surface area is 132 Å². The van der Waals surface area contributed by atoms with Crippen LogP contribution in [0.25, 0.3) is 0 Å². The van der Waals surface area contributed by atoms with E-state index in [4.69, 9.17) is 0 Å². The fourth-order valence-corrected chi connectivity index (χ4v) is 3.53. The summed E-state index contributed by atoms with van der Waals surface area (Å²) in [6, 6.07) is 1.75. The molecule has 3 rings (SSSR count). The van der Waals surface area contributed by atoms with Crippen molar-refractivity contribution in [2.45, 2.75) is 39.5 Å². The number of aromatic nitrogens is 2. The molecule has 3 heterocycles.